The van der Waals surface area contributed by atoms with E-state index in [2.05, 4.69) is 4.98 Å². The Morgan fingerprint density at radius 2 is 1.68 bits per heavy atom. The Labute approximate surface area is 162 Å². The molecule has 0 aliphatic heterocycles. The number of rotatable bonds is 4. The van der Waals surface area contributed by atoms with Crippen molar-refractivity contribution in [3.8, 4) is 5.69 Å². The molecule has 4 rings (SSSR count). The molecule has 0 bridgehead atoms. The molecule has 0 unspecified atom stereocenters. The smallest absolute Gasteiger partial charge is 0.257 e. The summed E-state index contributed by atoms with van der Waals surface area (Å²) < 4.78 is 16.0. The second-order valence-corrected chi connectivity index (χ2v) is 6.77. The minimum atomic E-state index is -0.506. The lowest BCUT2D eigenvalue weighted by Gasteiger charge is -2.26. The first-order valence-corrected chi connectivity index (χ1v) is 9.10. The second kappa shape index (κ2) is 7.27. The Balaban J connectivity index is 1.58. The number of hydrogen-bond donors (Lipinski definition) is 0. The van der Waals surface area contributed by atoms with E-state index in [1.165, 1.54) is 12.1 Å². The van der Waals surface area contributed by atoms with Gasteiger partial charge in [0.2, 0.25) is 0 Å². The van der Waals surface area contributed by atoms with Gasteiger partial charge in [0.15, 0.2) is 0 Å². The van der Waals surface area contributed by atoms with Crippen LogP contribution in [-0.4, -0.2) is 27.4 Å². The van der Waals surface area contributed by atoms with Gasteiger partial charge in [0, 0.05) is 12.7 Å². The zero-order valence-electron chi connectivity index (χ0n) is 15.7. The van der Waals surface area contributed by atoms with Gasteiger partial charge in [-0.1, -0.05) is 36.4 Å². The minimum Gasteiger partial charge on any atom is -0.335 e. The van der Waals surface area contributed by atoms with Gasteiger partial charge < -0.3 is 4.90 Å². The second-order valence-electron chi connectivity index (χ2n) is 6.77. The van der Waals surface area contributed by atoms with Gasteiger partial charge in [0.1, 0.15) is 12.1 Å². The highest BCUT2D eigenvalue weighted by Gasteiger charge is 2.21. The van der Waals surface area contributed by atoms with Gasteiger partial charge in [-0.3, -0.25) is 9.36 Å². The van der Waals surface area contributed by atoms with Crippen molar-refractivity contribution >= 4 is 16.9 Å². The molecule has 0 aliphatic carbocycles. The van der Waals surface area contributed by atoms with Crippen molar-refractivity contribution < 1.29 is 9.18 Å². The molecule has 5 heteroatoms. The molecule has 1 heterocycles. The number of hydrogen-bond acceptors (Lipinski definition) is 2. The van der Waals surface area contributed by atoms with E-state index in [0.29, 0.717) is 0 Å². The molecule has 0 N–H and O–H groups in total. The summed E-state index contributed by atoms with van der Waals surface area (Å²) in [5.74, 6) is -0.843. The molecule has 1 atom stereocenters. The van der Waals surface area contributed by atoms with Crippen LogP contribution in [0.25, 0.3) is 16.7 Å². The van der Waals surface area contributed by atoms with E-state index in [9.17, 15) is 9.18 Å². The Morgan fingerprint density at radius 3 is 2.43 bits per heavy atom. The van der Waals surface area contributed by atoms with E-state index in [4.69, 9.17) is 0 Å². The number of fused-ring (bicyclic) bond motifs is 1. The molecule has 3 aromatic carbocycles. The van der Waals surface area contributed by atoms with Crippen LogP contribution < -0.4 is 0 Å². The molecular formula is C23H20FN3O. The standard InChI is InChI=1S/C23H20FN3O/c1-16(26(2)23(28)19-7-3-4-8-20(19)24)17-11-13-18(14-12-17)27-15-25-21-9-5-6-10-22(21)27/h3-16H,1-2H3/t16-/m0/s1. The maximum absolute atomic E-state index is 13.9. The fourth-order valence-corrected chi connectivity index (χ4v) is 3.30. The van der Waals surface area contributed by atoms with Crippen LogP contribution in [0, 0.1) is 5.82 Å². The first kappa shape index (κ1) is 17.9. The monoisotopic (exact) mass is 373 g/mol. The first-order valence-electron chi connectivity index (χ1n) is 9.10. The molecule has 0 saturated heterocycles. The Morgan fingerprint density at radius 1 is 1.00 bits per heavy atom. The molecule has 28 heavy (non-hydrogen) atoms. The number of halogens is 1. The topological polar surface area (TPSA) is 38.1 Å². The van der Waals surface area contributed by atoms with Gasteiger partial charge in [0.05, 0.1) is 22.6 Å². The van der Waals surface area contributed by atoms with Gasteiger partial charge in [-0.05, 0) is 48.9 Å². The van der Waals surface area contributed by atoms with Crippen LogP contribution >= 0.6 is 0 Å². The summed E-state index contributed by atoms with van der Waals surface area (Å²) in [6, 6.07) is 21.8. The number of carbonyl (C=O) groups excluding carboxylic acids is 1. The zero-order chi connectivity index (χ0) is 19.7. The third-order valence-electron chi connectivity index (χ3n) is 5.11. The van der Waals surface area contributed by atoms with Crippen LogP contribution in [-0.2, 0) is 0 Å². The Kier molecular flexibility index (Phi) is 4.65. The number of amides is 1. The maximum atomic E-state index is 13.9. The third kappa shape index (κ3) is 3.16. The summed E-state index contributed by atoms with van der Waals surface area (Å²) in [6.45, 7) is 1.93. The Hall–Kier alpha value is -3.47. The predicted molar refractivity (Wildman–Crippen MR) is 108 cm³/mol. The number of aromatic nitrogens is 2. The summed E-state index contributed by atoms with van der Waals surface area (Å²) in [7, 11) is 1.69. The number of para-hydroxylation sites is 2. The van der Waals surface area contributed by atoms with E-state index in [-0.39, 0.29) is 17.5 Å². The predicted octanol–water partition coefficient (Wildman–Crippen LogP) is 5.00. The van der Waals surface area contributed by atoms with Gasteiger partial charge in [-0.15, -0.1) is 0 Å². The lowest BCUT2D eigenvalue weighted by molar-refractivity contribution is 0.0738. The van der Waals surface area contributed by atoms with Gasteiger partial charge in [-0.25, -0.2) is 9.37 Å². The minimum absolute atomic E-state index is 0.0818. The van der Waals surface area contributed by atoms with Gasteiger partial charge in [-0.2, -0.15) is 0 Å². The van der Waals surface area contributed by atoms with Gasteiger partial charge in [0.25, 0.3) is 5.91 Å². The van der Waals surface area contributed by atoms with E-state index in [1.807, 2.05) is 60.0 Å². The zero-order valence-corrected chi connectivity index (χ0v) is 15.7. The molecule has 4 nitrogen and oxygen atoms in total. The molecule has 0 aliphatic rings. The molecule has 0 radical (unpaired) electrons. The van der Waals surface area contributed by atoms with Crippen LogP contribution in [0.2, 0.25) is 0 Å². The number of nitrogens with zero attached hydrogens (tertiary/aromatic N) is 3. The van der Waals surface area contributed by atoms with Crippen LogP contribution in [0.1, 0.15) is 28.9 Å². The van der Waals surface area contributed by atoms with E-state index < -0.39 is 5.82 Å². The molecule has 0 fully saturated rings. The third-order valence-corrected chi connectivity index (χ3v) is 5.11. The summed E-state index contributed by atoms with van der Waals surface area (Å²) in [5, 5.41) is 0. The highest BCUT2D eigenvalue weighted by Crippen LogP contribution is 2.24. The maximum Gasteiger partial charge on any atom is 0.257 e. The average molecular weight is 373 g/mol. The van der Waals surface area contributed by atoms with Crippen molar-refractivity contribution in [2.24, 2.45) is 0 Å². The molecule has 1 aromatic heterocycles. The van der Waals surface area contributed by atoms with Crippen molar-refractivity contribution in [3.05, 3.63) is 96.1 Å². The van der Waals surface area contributed by atoms with Crippen molar-refractivity contribution in [1.29, 1.82) is 0 Å². The van der Waals surface area contributed by atoms with Crippen LogP contribution in [0.15, 0.2) is 79.1 Å². The largest absolute Gasteiger partial charge is 0.335 e. The highest BCUT2D eigenvalue weighted by atomic mass is 19.1. The summed E-state index contributed by atoms with van der Waals surface area (Å²) >= 11 is 0. The van der Waals surface area contributed by atoms with E-state index in [0.717, 1.165) is 22.3 Å². The van der Waals surface area contributed by atoms with Crippen molar-refractivity contribution in [2.75, 3.05) is 7.05 Å². The van der Waals surface area contributed by atoms with Crippen LogP contribution in [0.4, 0.5) is 4.39 Å². The van der Waals surface area contributed by atoms with Crippen molar-refractivity contribution in [1.82, 2.24) is 14.5 Å². The number of imidazole rings is 1. The highest BCUT2D eigenvalue weighted by molar-refractivity contribution is 5.94. The molecule has 1 amide bonds. The summed E-state index contributed by atoms with van der Waals surface area (Å²) in [5.41, 5.74) is 4.02. The van der Waals surface area contributed by atoms with Gasteiger partial charge >= 0.3 is 0 Å². The number of benzene rings is 3. The van der Waals surface area contributed by atoms with Crippen molar-refractivity contribution in [3.63, 3.8) is 0 Å². The average Bonchev–Trinajstić information content (AvgIpc) is 3.17. The Bertz CT molecular complexity index is 1130. The van der Waals surface area contributed by atoms with Crippen LogP contribution in [0.3, 0.4) is 0 Å². The lowest BCUT2D eigenvalue weighted by Crippen LogP contribution is -2.30. The van der Waals surface area contributed by atoms with E-state index in [1.54, 1.807) is 30.4 Å². The normalized spacial score (nSPS) is 12.1. The SMILES string of the molecule is C[C@@H](c1ccc(-n2cnc3ccccc32)cc1)N(C)C(=O)c1ccccc1F. The molecular weight excluding hydrogens is 353 g/mol. The van der Waals surface area contributed by atoms with E-state index >= 15 is 0 Å². The summed E-state index contributed by atoms with van der Waals surface area (Å²) in [4.78, 5) is 18.6. The van der Waals surface area contributed by atoms with Crippen LogP contribution in [0.5, 0.6) is 0 Å². The fourth-order valence-electron chi connectivity index (χ4n) is 3.30. The summed E-state index contributed by atoms with van der Waals surface area (Å²) in [6.07, 6.45) is 1.80. The molecule has 4 aromatic rings. The molecule has 0 spiro atoms. The number of carbonyl (C=O) groups is 1. The quantitative estimate of drug-likeness (QED) is 0.505. The first-order chi connectivity index (χ1) is 13.6. The molecule has 140 valence electrons. The fraction of sp³-hybridized carbons (Fsp3) is 0.130. The molecule has 0 saturated carbocycles. The van der Waals surface area contributed by atoms with Crippen molar-refractivity contribution in [2.45, 2.75) is 13.0 Å². The lowest BCUT2D eigenvalue weighted by atomic mass is 10.1.